The molecule has 1 unspecified atom stereocenters. The van der Waals surface area contributed by atoms with Crippen LogP contribution in [0.2, 0.25) is 0 Å². The van der Waals surface area contributed by atoms with E-state index in [1.54, 1.807) is 0 Å². The Balaban J connectivity index is 1.79. The number of aliphatic carboxylic acids is 1. The summed E-state index contributed by atoms with van der Waals surface area (Å²) in [5, 5.41) is 12.2. The molecule has 1 saturated heterocycles. The normalized spacial score (nSPS) is 24.0. The van der Waals surface area contributed by atoms with Gasteiger partial charge in [0.15, 0.2) is 0 Å². The lowest BCUT2D eigenvalue weighted by atomic mass is 9.98. The van der Waals surface area contributed by atoms with Crippen LogP contribution in [0, 0.1) is 0 Å². The van der Waals surface area contributed by atoms with Crippen molar-refractivity contribution in [2.75, 3.05) is 13.1 Å². The molecule has 5 nitrogen and oxygen atoms in total. The van der Waals surface area contributed by atoms with Gasteiger partial charge in [0.25, 0.3) is 0 Å². The van der Waals surface area contributed by atoms with Crippen molar-refractivity contribution in [1.29, 1.82) is 0 Å². The van der Waals surface area contributed by atoms with Crippen molar-refractivity contribution in [2.24, 2.45) is 0 Å². The van der Waals surface area contributed by atoms with E-state index in [0.717, 1.165) is 25.8 Å². The Kier molecular flexibility index (Phi) is 5.83. The van der Waals surface area contributed by atoms with Gasteiger partial charge in [-0.05, 0) is 38.5 Å². The number of nitrogens with zero attached hydrogens (tertiary/aromatic N) is 1. The van der Waals surface area contributed by atoms with Gasteiger partial charge in [-0.15, -0.1) is 0 Å². The van der Waals surface area contributed by atoms with Crippen molar-refractivity contribution in [1.82, 2.24) is 10.2 Å². The van der Waals surface area contributed by atoms with Crippen molar-refractivity contribution in [3.8, 4) is 0 Å². The van der Waals surface area contributed by atoms with E-state index in [1.807, 2.05) is 4.90 Å². The average Bonchev–Trinajstić information content (AvgIpc) is 2.96. The zero-order chi connectivity index (χ0) is 14.4. The van der Waals surface area contributed by atoms with Gasteiger partial charge in [-0.25, -0.2) is 0 Å². The second-order valence-corrected chi connectivity index (χ2v) is 6.03. The van der Waals surface area contributed by atoms with Crippen molar-refractivity contribution < 1.29 is 14.7 Å². The monoisotopic (exact) mass is 282 g/mol. The minimum Gasteiger partial charge on any atom is -0.481 e. The van der Waals surface area contributed by atoms with Crippen LogP contribution in [0.25, 0.3) is 0 Å². The third-order valence-corrected chi connectivity index (χ3v) is 4.54. The highest BCUT2D eigenvalue weighted by Gasteiger charge is 2.27. The summed E-state index contributed by atoms with van der Waals surface area (Å²) in [5.74, 6) is -0.626. The lowest BCUT2D eigenvalue weighted by molar-refractivity contribution is -0.139. The molecule has 2 rings (SSSR count). The van der Waals surface area contributed by atoms with Gasteiger partial charge in [0.2, 0.25) is 5.91 Å². The van der Waals surface area contributed by atoms with Crippen LogP contribution in [0.1, 0.15) is 57.8 Å². The summed E-state index contributed by atoms with van der Waals surface area (Å²) in [5.41, 5.74) is 0. The molecule has 2 fully saturated rings. The Morgan fingerprint density at radius 3 is 2.50 bits per heavy atom. The van der Waals surface area contributed by atoms with Crippen LogP contribution in [0.3, 0.4) is 0 Å². The van der Waals surface area contributed by atoms with E-state index < -0.39 is 5.97 Å². The fourth-order valence-electron chi connectivity index (χ4n) is 3.38. The Bertz CT molecular complexity index is 340. The lowest BCUT2D eigenvalue weighted by Gasteiger charge is -2.36. The summed E-state index contributed by atoms with van der Waals surface area (Å²) in [6, 6.07) is 0.624. The number of nitrogens with one attached hydrogen (secondary N) is 1. The maximum absolute atomic E-state index is 12.3. The van der Waals surface area contributed by atoms with Gasteiger partial charge in [-0.1, -0.05) is 12.8 Å². The molecule has 1 amide bonds. The first-order valence-electron chi connectivity index (χ1n) is 7.91. The SMILES string of the molecule is O=C(O)CCC1CCCCN1C(=O)CNC1CCCC1. The highest BCUT2D eigenvalue weighted by Crippen LogP contribution is 2.21. The minimum atomic E-state index is -0.771. The summed E-state index contributed by atoms with van der Waals surface area (Å²) in [7, 11) is 0. The first-order valence-corrected chi connectivity index (χ1v) is 7.91. The summed E-state index contributed by atoms with van der Waals surface area (Å²) in [6.45, 7) is 1.20. The number of carboxylic acid groups (broad SMARTS) is 1. The van der Waals surface area contributed by atoms with Gasteiger partial charge in [-0.2, -0.15) is 0 Å². The number of carboxylic acids is 1. The molecule has 1 aliphatic heterocycles. The van der Waals surface area contributed by atoms with Gasteiger partial charge in [0.1, 0.15) is 0 Å². The fraction of sp³-hybridized carbons (Fsp3) is 0.867. The molecule has 114 valence electrons. The number of carbonyl (C=O) groups excluding carboxylic acids is 1. The predicted octanol–water partition coefficient (Wildman–Crippen LogP) is 1.76. The smallest absolute Gasteiger partial charge is 0.303 e. The first kappa shape index (κ1) is 15.3. The van der Waals surface area contributed by atoms with Gasteiger partial charge in [0, 0.05) is 25.0 Å². The summed E-state index contributed by atoms with van der Waals surface area (Å²) in [6.07, 6.45) is 8.71. The molecule has 1 heterocycles. The standard InChI is InChI=1S/C15H26N2O3/c18-14(11-16-12-5-1-2-6-12)17-10-4-3-7-13(17)8-9-15(19)20/h12-13,16H,1-11H2,(H,19,20). The van der Waals surface area contributed by atoms with Gasteiger partial charge in [-0.3, -0.25) is 9.59 Å². The Hall–Kier alpha value is -1.10. The molecule has 0 radical (unpaired) electrons. The zero-order valence-electron chi connectivity index (χ0n) is 12.1. The molecule has 0 aromatic heterocycles. The number of amides is 1. The largest absolute Gasteiger partial charge is 0.481 e. The molecular formula is C15H26N2O3. The third kappa shape index (κ3) is 4.47. The van der Waals surface area contributed by atoms with Gasteiger partial charge in [0.05, 0.1) is 6.54 Å². The summed E-state index contributed by atoms with van der Waals surface area (Å²) < 4.78 is 0. The van der Waals surface area contributed by atoms with Crippen molar-refractivity contribution in [3.05, 3.63) is 0 Å². The van der Waals surface area contributed by atoms with Crippen LogP contribution in [-0.2, 0) is 9.59 Å². The molecule has 2 aliphatic rings. The van der Waals surface area contributed by atoms with Crippen molar-refractivity contribution >= 4 is 11.9 Å². The molecule has 0 bridgehead atoms. The van der Waals surface area contributed by atoms with E-state index in [2.05, 4.69) is 5.32 Å². The molecule has 2 N–H and O–H groups in total. The maximum atomic E-state index is 12.3. The second-order valence-electron chi connectivity index (χ2n) is 6.03. The molecule has 5 heteroatoms. The van der Waals surface area contributed by atoms with Gasteiger partial charge >= 0.3 is 5.97 Å². The summed E-state index contributed by atoms with van der Waals surface area (Å²) in [4.78, 5) is 24.9. The van der Waals surface area contributed by atoms with Gasteiger partial charge < -0.3 is 15.3 Å². The van der Waals surface area contributed by atoms with Crippen LogP contribution < -0.4 is 5.32 Å². The molecule has 20 heavy (non-hydrogen) atoms. The van der Waals surface area contributed by atoms with Crippen LogP contribution in [0.4, 0.5) is 0 Å². The molecular weight excluding hydrogens is 256 g/mol. The van der Waals surface area contributed by atoms with Crippen molar-refractivity contribution in [3.63, 3.8) is 0 Å². The number of hydrogen-bond acceptors (Lipinski definition) is 3. The lowest BCUT2D eigenvalue weighted by Crippen LogP contribution is -2.48. The number of hydrogen-bond donors (Lipinski definition) is 2. The fourth-order valence-corrected chi connectivity index (χ4v) is 3.38. The predicted molar refractivity (Wildman–Crippen MR) is 76.5 cm³/mol. The van der Waals surface area contributed by atoms with E-state index in [9.17, 15) is 9.59 Å². The highest BCUT2D eigenvalue weighted by molar-refractivity contribution is 5.78. The van der Waals surface area contributed by atoms with E-state index in [4.69, 9.17) is 5.11 Å². The third-order valence-electron chi connectivity index (χ3n) is 4.54. The number of rotatable bonds is 6. The van der Waals surface area contributed by atoms with Crippen LogP contribution in [0.15, 0.2) is 0 Å². The summed E-state index contributed by atoms with van der Waals surface area (Å²) >= 11 is 0. The minimum absolute atomic E-state index is 0.123. The molecule has 1 saturated carbocycles. The van der Waals surface area contributed by atoms with Crippen LogP contribution in [-0.4, -0.2) is 47.1 Å². The van der Waals surface area contributed by atoms with E-state index in [-0.39, 0.29) is 18.4 Å². The van der Waals surface area contributed by atoms with E-state index in [1.165, 1.54) is 25.7 Å². The highest BCUT2D eigenvalue weighted by atomic mass is 16.4. The molecule has 1 aliphatic carbocycles. The number of likely N-dealkylation sites (tertiary alicyclic amines) is 1. The topological polar surface area (TPSA) is 69.6 Å². The molecule has 0 spiro atoms. The molecule has 1 atom stereocenters. The Morgan fingerprint density at radius 2 is 1.80 bits per heavy atom. The quantitative estimate of drug-likeness (QED) is 0.779. The second kappa shape index (κ2) is 7.62. The van der Waals surface area contributed by atoms with Crippen LogP contribution in [0.5, 0.6) is 0 Å². The number of carbonyl (C=O) groups is 2. The molecule has 0 aromatic rings. The number of piperidine rings is 1. The van der Waals surface area contributed by atoms with E-state index >= 15 is 0 Å². The average molecular weight is 282 g/mol. The maximum Gasteiger partial charge on any atom is 0.303 e. The van der Waals surface area contributed by atoms with E-state index in [0.29, 0.717) is 19.0 Å². The van der Waals surface area contributed by atoms with Crippen molar-refractivity contribution in [2.45, 2.75) is 69.9 Å². The first-order chi connectivity index (χ1) is 9.66. The molecule has 0 aromatic carbocycles. The Labute approximate surface area is 120 Å². The Morgan fingerprint density at radius 1 is 1.10 bits per heavy atom. The zero-order valence-corrected chi connectivity index (χ0v) is 12.1. The van der Waals surface area contributed by atoms with Crippen LogP contribution >= 0.6 is 0 Å².